The molecular weight excluding hydrogens is 367 g/mol. The molecule has 1 fully saturated rings. The fourth-order valence-corrected chi connectivity index (χ4v) is 3.40. The van der Waals surface area contributed by atoms with Crippen LogP contribution in [-0.4, -0.2) is 37.0 Å². The van der Waals surface area contributed by atoms with Crippen LogP contribution < -0.4 is 4.90 Å². The van der Waals surface area contributed by atoms with E-state index in [0.29, 0.717) is 43.9 Å². The van der Waals surface area contributed by atoms with Crippen LogP contribution in [0.5, 0.6) is 0 Å². The predicted octanol–water partition coefficient (Wildman–Crippen LogP) is 4.24. The van der Waals surface area contributed by atoms with Crippen molar-refractivity contribution in [3.8, 4) is 6.07 Å². The lowest BCUT2D eigenvalue weighted by molar-refractivity contribution is -0.137. The third-order valence-corrected chi connectivity index (χ3v) is 4.83. The number of aryl methyl sites for hydroxylation is 1. The van der Waals surface area contributed by atoms with E-state index in [1.54, 1.807) is 11.0 Å². The molecule has 0 atom stereocenters. The van der Waals surface area contributed by atoms with Gasteiger partial charge in [-0.15, -0.1) is 0 Å². The number of amides is 1. The molecule has 0 N–H and O–H groups in total. The zero-order valence-electron chi connectivity index (χ0n) is 15.5. The largest absolute Gasteiger partial charge is 0.416 e. The second kappa shape index (κ2) is 7.93. The van der Waals surface area contributed by atoms with Crippen LogP contribution in [0.25, 0.3) is 0 Å². The number of rotatable bonds is 2. The fourth-order valence-electron chi connectivity index (χ4n) is 3.40. The van der Waals surface area contributed by atoms with E-state index in [9.17, 15) is 23.2 Å². The van der Waals surface area contributed by atoms with Crippen LogP contribution in [0.4, 0.5) is 18.9 Å². The summed E-state index contributed by atoms with van der Waals surface area (Å²) in [6.45, 7) is 3.95. The minimum absolute atomic E-state index is 0.00622. The summed E-state index contributed by atoms with van der Waals surface area (Å²) in [6.07, 6.45) is -3.82. The monoisotopic (exact) mass is 387 g/mol. The summed E-state index contributed by atoms with van der Waals surface area (Å²) in [7, 11) is 0. The number of halogens is 3. The molecule has 2 aromatic rings. The van der Waals surface area contributed by atoms with E-state index in [4.69, 9.17) is 0 Å². The van der Waals surface area contributed by atoms with Crippen LogP contribution in [0, 0.1) is 18.3 Å². The second-order valence-corrected chi connectivity index (χ2v) is 6.84. The van der Waals surface area contributed by atoms with Crippen molar-refractivity contribution >= 4 is 11.6 Å². The topological polar surface area (TPSA) is 47.3 Å². The van der Waals surface area contributed by atoms with Gasteiger partial charge in [-0.2, -0.15) is 18.4 Å². The SMILES string of the molecule is Cc1cccc(C(=O)N2CCCN(c3ccc(C(F)(F)F)cc3C#N)CC2)c1. The predicted molar refractivity (Wildman–Crippen MR) is 100 cm³/mol. The second-order valence-electron chi connectivity index (χ2n) is 6.84. The first-order valence-electron chi connectivity index (χ1n) is 9.02. The lowest BCUT2D eigenvalue weighted by atomic mass is 10.1. The molecule has 0 aromatic heterocycles. The van der Waals surface area contributed by atoms with E-state index < -0.39 is 11.7 Å². The van der Waals surface area contributed by atoms with Gasteiger partial charge < -0.3 is 9.80 Å². The lowest BCUT2D eigenvalue weighted by Crippen LogP contribution is -2.35. The first-order valence-corrected chi connectivity index (χ1v) is 9.02. The summed E-state index contributed by atoms with van der Waals surface area (Å²) in [5.41, 5.74) is 1.26. The first kappa shape index (κ1) is 19.7. The van der Waals surface area contributed by atoms with Crippen molar-refractivity contribution in [3.63, 3.8) is 0 Å². The smallest absolute Gasteiger partial charge is 0.369 e. The van der Waals surface area contributed by atoms with Gasteiger partial charge in [0.05, 0.1) is 16.8 Å². The molecule has 7 heteroatoms. The highest BCUT2D eigenvalue weighted by Crippen LogP contribution is 2.33. The van der Waals surface area contributed by atoms with Crippen LogP contribution in [0.2, 0.25) is 0 Å². The van der Waals surface area contributed by atoms with Gasteiger partial charge in [-0.3, -0.25) is 4.79 Å². The number of anilines is 1. The molecule has 0 bridgehead atoms. The molecule has 0 saturated carbocycles. The Morgan fingerprint density at radius 3 is 2.54 bits per heavy atom. The van der Waals surface area contributed by atoms with Crippen LogP contribution in [0.1, 0.15) is 33.5 Å². The van der Waals surface area contributed by atoms with Gasteiger partial charge in [-0.05, 0) is 43.7 Å². The van der Waals surface area contributed by atoms with E-state index in [1.165, 1.54) is 6.07 Å². The van der Waals surface area contributed by atoms with Crippen molar-refractivity contribution in [2.75, 3.05) is 31.1 Å². The Hall–Kier alpha value is -3.01. The summed E-state index contributed by atoms with van der Waals surface area (Å²) in [4.78, 5) is 16.4. The maximum absolute atomic E-state index is 12.9. The standard InChI is InChI=1S/C21H20F3N3O/c1-15-4-2-5-16(12-15)20(28)27-9-3-8-26(10-11-27)19-7-6-18(21(22,23)24)13-17(19)14-25/h2,4-7,12-13H,3,8-11H2,1H3. The quantitative estimate of drug-likeness (QED) is 0.775. The molecule has 146 valence electrons. The molecule has 1 aliphatic heterocycles. The molecule has 1 heterocycles. The minimum atomic E-state index is -4.49. The van der Waals surface area contributed by atoms with Gasteiger partial charge in [0.15, 0.2) is 0 Å². The van der Waals surface area contributed by atoms with E-state index in [2.05, 4.69) is 0 Å². The van der Waals surface area contributed by atoms with Crippen molar-refractivity contribution in [3.05, 3.63) is 64.7 Å². The average molecular weight is 387 g/mol. The molecule has 1 aliphatic rings. The van der Waals surface area contributed by atoms with E-state index in [0.717, 1.165) is 17.7 Å². The van der Waals surface area contributed by atoms with Gasteiger partial charge in [-0.1, -0.05) is 17.7 Å². The Kier molecular flexibility index (Phi) is 5.59. The molecule has 1 amide bonds. The number of hydrogen-bond acceptors (Lipinski definition) is 3. The Bertz CT molecular complexity index is 918. The van der Waals surface area contributed by atoms with E-state index in [1.807, 2.05) is 36.1 Å². The Labute approximate surface area is 161 Å². The summed E-state index contributed by atoms with van der Waals surface area (Å²) in [6, 6.07) is 12.5. The molecule has 0 spiro atoms. The molecule has 0 radical (unpaired) electrons. The van der Waals surface area contributed by atoms with Crippen LogP contribution in [-0.2, 0) is 6.18 Å². The summed E-state index contributed by atoms with van der Waals surface area (Å²) in [5.74, 6) is -0.0570. The number of benzene rings is 2. The number of alkyl halides is 3. The molecule has 4 nitrogen and oxygen atoms in total. The Morgan fingerprint density at radius 1 is 1.07 bits per heavy atom. The van der Waals surface area contributed by atoms with Crippen molar-refractivity contribution in [2.24, 2.45) is 0 Å². The maximum atomic E-state index is 12.9. The third kappa shape index (κ3) is 4.28. The van der Waals surface area contributed by atoms with Gasteiger partial charge in [-0.25, -0.2) is 0 Å². The van der Waals surface area contributed by atoms with Crippen molar-refractivity contribution in [2.45, 2.75) is 19.5 Å². The molecule has 1 saturated heterocycles. The third-order valence-electron chi connectivity index (χ3n) is 4.83. The zero-order valence-corrected chi connectivity index (χ0v) is 15.5. The molecule has 0 unspecified atom stereocenters. The highest BCUT2D eigenvalue weighted by atomic mass is 19.4. The highest BCUT2D eigenvalue weighted by Gasteiger charge is 2.31. The molecule has 0 aliphatic carbocycles. The number of carbonyl (C=O) groups is 1. The van der Waals surface area contributed by atoms with Gasteiger partial charge in [0.25, 0.3) is 5.91 Å². The van der Waals surface area contributed by atoms with E-state index >= 15 is 0 Å². The highest BCUT2D eigenvalue weighted by molar-refractivity contribution is 5.94. The number of nitriles is 1. The maximum Gasteiger partial charge on any atom is 0.416 e. The number of carbonyl (C=O) groups excluding carboxylic acids is 1. The van der Waals surface area contributed by atoms with Crippen molar-refractivity contribution in [1.82, 2.24) is 4.90 Å². The minimum Gasteiger partial charge on any atom is -0.369 e. The van der Waals surface area contributed by atoms with Crippen LogP contribution in [0.15, 0.2) is 42.5 Å². The summed E-state index contributed by atoms with van der Waals surface area (Å²) >= 11 is 0. The summed E-state index contributed by atoms with van der Waals surface area (Å²) < 4.78 is 38.7. The van der Waals surface area contributed by atoms with Gasteiger partial charge in [0, 0.05) is 31.7 Å². The normalized spacial score (nSPS) is 15.1. The van der Waals surface area contributed by atoms with Gasteiger partial charge >= 0.3 is 6.18 Å². The fraction of sp³-hybridized carbons (Fsp3) is 0.333. The van der Waals surface area contributed by atoms with Crippen molar-refractivity contribution < 1.29 is 18.0 Å². The van der Waals surface area contributed by atoms with Gasteiger partial charge in [0.1, 0.15) is 6.07 Å². The van der Waals surface area contributed by atoms with Crippen molar-refractivity contribution in [1.29, 1.82) is 5.26 Å². The van der Waals surface area contributed by atoms with Crippen LogP contribution in [0.3, 0.4) is 0 Å². The Morgan fingerprint density at radius 2 is 1.86 bits per heavy atom. The zero-order chi connectivity index (χ0) is 20.3. The van der Waals surface area contributed by atoms with Crippen LogP contribution >= 0.6 is 0 Å². The molecular formula is C21H20F3N3O. The van der Waals surface area contributed by atoms with Gasteiger partial charge in [0.2, 0.25) is 0 Å². The molecule has 3 rings (SSSR count). The molecule has 28 heavy (non-hydrogen) atoms. The number of hydrogen-bond donors (Lipinski definition) is 0. The average Bonchev–Trinajstić information content (AvgIpc) is 2.92. The van der Waals surface area contributed by atoms with E-state index in [-0.39, 0.29) is 11.5 Å². The number of nitrogens with zero attached hydrogens (tertiary/aromatic N) is 3. The molecule has 2 aromatic carbocycles. The first-order chi connectivity index (χ1) is 13.3. The lowest BCUT2D eigenvalue weighted by Gasteiger charge is -2.25. The summed E-state index contributed by atoms with van der Waals surface area (Å²) in [5, 5.41) is 9.32. The Balaban J connectivity index is 1.77.